The van der Waals surface area contributed by atoms with Crippen LogP contribution in [-0.2, 0) is 6.54 Å². The van der Waals surface area contributed by atoms with Crippen molar-refractivity contribution in [2.24, 2.45) is 0 Å². The molecule has 1 N–H and O–H groups in total. The molecule has 0 saturated heterocycles. The minimum Gasteiger partial charge on any atom is -0.457 e. The average molecular weight is 276 g/mol. The summed E-state index contributed by atoms with van der Waals surface area (Å²) < 4.78 is 5.85. The third-order valence-electron chi connectivity index (χ3n) is 2.95. The fourth-order valence-electron chi connectivity index (χ4n) is 1.98. The maximum Gasteiger partial charge on any atom is 0.128 e. The van der Waals surface area contributed by atoms with Crippen LogP contribution in [0.4, 0.5) is 0 Å². The van der Waals surface area contributed by atoms with Crippen molar-refractivity contribution in [1.29, 1.82) is 0 Å². The zero-order chi connectivity index (χ0) is 13.8. The minimum atomic E-state index is 0.803. The van der Waals surface area contributed by atoms with Gasteiger partial charge in [0.15, 0.2) is 0 Å². The summed E-state index contributed by atoms with van der Waals surface area (Å²) in [5.74, 6) is 1.65. The lowest BCUT2D eigenvalue weighted by atomic mass is 10.1. The first-order chi connectivity index (χ1) is 9.10. The first-order valence-corrected chi connectivity index (χ1v) is 6.66. The van der Waals surface area contributed by atoms with Crippen LogP contribution in [0.3, 0.4) is 0 Å². The molecule has 19 heavy (non-hydrogen) atoms. The molecule has 0 aliphatic carbocycles. The van der Waals surface area contributed by atoms with Crippen LogP contribution in [-0.4, -0.2) is 7.05 Å². The van der Waals surface area contributed by atoms with Crippen molar-refractivity contribution in [3.63, 3.8) is 0 Å². The Labute approximate surface area is 119 Å². The Morgan fingerprint density at radius 1 is 1.00 bits per heavy atom. The van der Waals surface area contributed by atoms with Gasteiger partial charge in [0.25, 0.3) is 0 Å². The van der Waals surface area contributed by atoms with Crippen molar-refractivity contribution in [1.82, 2.24) is 5.32 Å². The number of hydrogen-bond acceptors (Lipinski definition) is 2. The van der Waals surface area contributed by atoms with E-state index in [0.717, 1.165) is 34.2 Å². The molecule has 0 heterocycles. The molecule has 2 nitrogen and oxygen atoms in total. The van der Waals surface area contributed by atoms with E-state index in [4.69, 9.17) is 16.3 Å². The molecule has 0 unspecified atom stereocenters. The Morgan fingerprint density at radius 3 is 2.11 bits per heavy atom. The second-order valence-corrected chi connectivity index (χ2v) is 5.03. The molecule has 0 saturated carbocycles. The smallest absolute Gasteiger partial charge is 0.128 e. The molecule has 0 aliphatic rings. The predicted molar refractivity (Wildman–Crippen MR) is 80.2 cm³/mol. The highest BCUT2D eigenvalue weighted by Crippen LogP contribution is 2.29. The largest absolute Gasteiger partial charge is 0.457 e. The van der Waals surface area contributed by atoms with E-state index in [1.165, 1.54) is 5.56 Å². The minimum absolute atomic E-state index is 0.803. The van der Waals surface area contributed by atoms with Crippen molar-refractivity contribution in [2.45, 2.75) is 20.4 Å². The molecular weight excluding hydrogens is 258 g/mol. The molecule has 2 rings (SSSR count). The number of nitrogens with one attached hydrogen (secondary N) is 1. The Kier molecular flexibility index (Phi) is 4.46. The summed E-state index contributed by atoms with van der Waals surface area (Å²) in [6.07, 6.45) is 0. The van der Waals surface area contributed by atoms with Crippen molar-refractivity contribution < 1.29 is 4.74 Å². The fraction of sp³-hybridized carbons (Fsp3) is 0.250. The molecule has 3 heteroatoms. The van der Waals surface area contributed by atoms with Gasteiger partial charge in [-0.1, -0.05) is 23.7 Å². The number of ether oxygens (including phenoxy) is 1. The van der Waals surface area contributed by atoms with E-state index < -0.39 is 0 Å². The monoisotopic (exact) mass is 275 g/mol. The lowest BCUT2D eigenvalue weighted by Gasteiger charge is -2.10. The van der Waals surface area contributed by atoms with Crippen LogP contribution in [0, 0.1) is 13.8 Å². The van der Waals surface area contributed by atoms with Crippen LogP contribution in [0.25, 0.3) is 0 Å². The van der Waals surface area contributed by atoms with E-state index >= 15 is 0 Å². The highest BCUT2D eigenvalue weighted by molar-refractivity contribution is 6.32. The van der Waals surface area contributed by atoms with E-state index in [1.807, 2.05) is 45.2 Å². The van der Waals surface area contributed by atoms with Gasteiger partial charge < -0.3 is 10.1 Å². The van der Waals surface area contributed by atoms with Crippen molar-refractivity contribution >= 4 is 11.6 Å². The summed E-state index contributed by atoms with van der Waals surface area (Å²) in [7, 11) is 1.93. The number of benzene rings is 2. The topological polar surface area (TPSA) is 21.3 Å². The summed E-state index contributed by atoms with van der Waals surface area (Å²) in [5.41, 5.74) is 3.30. The standard InChI is InChI=1S/C16H18ClNO/c1-11-8-15(9-12(2)16(11)17)19-14-6-4-13(5-7-14)10-18-3/h4-9,18H,10H2,1-3H3. The molecule has 0 spiro atoms. The van der Waals surface area contributed by atoms with E-state index in [1.54, 1.807) is 0 Å². The Hall–Kier alpha value is -1.51. The van der Waals surface area contributed by atoms with Gasteiger partial charge in [-0.05, 0) is 61.9 Å². The molecule has 0 radical (unpaired) electrons. The molecular formula is C16H18ClNO. The summed E-state index contributed by atoms with van der Waals surface area (Å²) >= 11 is 6.15. The Bertz CT molecular complexity index is 540. The van der Waals surface area contributed by atoms with Crippen LogP contribution in [0.5, 0.6) is 11.5 Å². The number of hydrogen-bond donors (Lipinski definition) is 1. The van der Waals surface area contributed by atoms with Gasteiger partial charge in [0.2, 0.25) is 0 Å². The SMILES string of the molecule is CNCc1ccc(Oc2cc(C)c(Cl)c(C)c2)cc1. The maximum absolute atomic E-state index is 6.15. The number of halogens is 1. The summed E-state index contributed by atoms with van der Waals surface area (Å²) in [5, 5.41) is 3.92. The molecule has 0 bridgehead atoms. The third-order valence-corrected chi connectivity index (χ3v) is 3.55. The normalized spacial score (nSPS) is 10.5. The summed E-state index contributed by atoms with van der Waals surface area (Å²) in [6, 6.07) is 12.0. The lowest BCUT2D eigenvalue weighted by molar-refractivity contribution is 0.481. The first kappa shape index (κ1) is 13.9. The van der Waals surface area contributed by atoms with Crippen molar-refractivity contribution in [2.75, 3.05) is 7.05 Å². The summed E-state index contributed by atoms with van der Waals surface area (Å²) in [4.78, 5) is 0. The molecule has 0 aliphatic heterocycles. The van der Waals surface area contributed by atoms with Gasteiger partial charge >= 0.3 is 0 Å². The van der Waals surface area contributed by atoms with Crippen LogP contribution in [0.1, 0.15) is 16.7 Å². The van der Waals surface area contributed by atoms with Crippen LogP contribution in [0.2, 0.25) is 5.02 Å². The zero-order valence-corrected chi connectivity index (χ0v) is 12.2. The van der Waals surface area contributed by atoms with Gasteiger partial charge in [-0.3, -0.25) is 0 Å². The molecule has 2 aromatic rings. The van der Waals surface area contributed by atoms with E-state index in [-0.39, 0.29) is 0 Å². The van der Waals surface area contributed by atoms with Gasteiger partial charge in [-0.2, -0.15) is 0 Å². The van der Waals surface area contributed by atoms with Gasteiger partial charge in [-0.15, -0.1) is 0 Å². The van der Waals surface area contributed by atoms with Gasteiger partial charge in [-0.25, -0.2) is 0 Å². The third kappa shape index (κ3) is 3.49. The lowest BCUT2D eigenvalue weighted by Crippen LogP contribution is -2.04. The first-order valence-electron chi connectivity index (χ1n) is 6.28. The zero-order valence-electron chi connectivity index (χ0n) is 11.5. The van der Waals surface area contributed by atoms with Crippen molar-refractivity contribution in [3.05, 3.63) is 58.1 Å². The van der Waals surface area contributed by atoms with Crippen LogP contribution in [0.15, 0.2) is 36.4 Å². The molecule has 100 valence electrons. The van der Waals surface area contributed by atoms with E-state index in [9.17, 15) is 0 Å². The van der Waals surface area contributed by atoms with Crippen LogP contribution >= 0.6 is 11.6 Å². The molecule has 0 aromatic heterocycles. The Balaban J connectivity index is 2.17. The quantitative estimate of drug-likeness (QED) is 0.889. The van der Waals surface area contributed by atoms with Gasteiger partial charge in [0.1, 0.15) is 11.5 Å². The van der Waals surface area contributed by atoms with Gasteiger partial charge in [0.05, 0.1) is 0 Å². The highest BCUT2D eigenvalue weighted by atomic mass is 35.5. The summed E-state index contributed by atoms with van der Waals surface area (Å²) in [6.45, 7) is 4.83. The fourth-order valence-corrected chi connectivity index (χ4v) is 2.09. The molecule has 0 amide bonds. The van der Waals surface area contributed by atoms with E-state index in [0.29, 0.717) is 0 Å². The molecule has 2 aromatic carbocycles. The second kappa shape index (κ2) is 6.09. The molecule has 0 fully saturated rings. The number of aryl methyl sites for hydroxylation is 2. The maximum atomic E-state index is 6.15. The van der Waals surface area contributed by atoms with Gasteiger partial charge in [0, 0.05) is 11.6 Å². The molecule has 0 atom stereocenters. The van der Waals surface area contributed by atoms with Crippen LogP contribution < -0.4 is 10.1 Å². The predicted octanol–water partition coefficient (Wildman–Crippen LogP) is 4.47. The second-order valence-electron chi connectivity index (χ2n) is 4.65. The van der Waals surface area contributed by atoms with E-state index in [2.05, 4.69) is 17.4 Å². The highest BCUT2D eigenvalue weighted by Gasteiger charge is 2.04. The Morgan fingerprint density at radius 2 is 1.58 bits per heavy atom. The van der Waals surface area contributed by atoms with Crippen molar-refractivity contribution in [3.8, 4) is 11.5 Å². The average Bonchev–Trinajstić information content (AvgIpc) is 2.38. The number of rotatable bonds is 4.